The summed E-state index contributed by atoms with van der Waals surface area (Å²) < 4.78 is 0. The van der Waals surface area contributed by atoms with Crippen LogP contribution in [0.5, 0.6) is 0 Å². The second-order valence-electron chi connectivity index (χ2n) is 4.91. The van der Waals surface area contributed by atoms with Crippen LogP contribution in [0.2, 0.25) is 0 Å². The molecule has 12 heavy (non-hydrogen) atoms. The monoisotopic (exact) mass is 168 g/mol. The van der Waals surface area contributed by atoms with Crippen LogP contribution >= 0.6 is 0 Å². The van der Waals surface area contributed by atoms with E-state index in [0.717, 1.165) is 30.6 Å². The lowest BCUT2D eigenvalue weighted by Gasteiger charge is -2.40. The van der Waals surface area contributed by atoms with Crippen molar-refractivity contribution in [2.75, 3.05) is 0 Å². The highest BCUT2D eigenvalue weighted by atomic mass is 16.3. The summed E-state index contributed by atoms with van der Waals surface area (Å²) in [5.74, 6) is 2.81. The molecule has 1 heteroatoms. The summed E-state index contributed by atoms with van der Waals surface area (Å²) in [7, 11) is 0. The maximum atomic E-state index is 9.20. The van der Waals surface area contributed by atoms with Crippen LogP contribution in [-0.4, -0.2) is 11.2 Å². The van der Waals surface area contributed by atoms with Gasteiger partial charge in [-0.05, 0) is 43.4 Å². The highest BCUT2D eigenvalue weighted by Crippen LogP contribution is 2.42. The van der Waals surface area contributed by atoms with Gasteiger partial charge in [0.2, 0.25) is 0 Å². The molecule has 0 saturated heterocycles. The van der Waals surface area contributed by atoms with E-state index >= 15 is 0 Å². The van der Waals surface area contributed by atoms with Gasteiger partial charge in [0.15, 0.2) is 0 Å². The smallest absolute Gasteiger partial charge is 0.0545 e. The molecule has 2 saturated carbocycles. The van der Waals surface area contributed by atoms with Gasteiger partial charge in [-0.15, -0.1) is 0 Å². The average molecular weight is 168 g/mol. The van der Waals surface area contributed by atoms with E-state index in [2.05, 4.69) is 6.92 Å². The Morgan fingerprint density at radius 1 is 0.917 bits per heavy atom. The molecular weight excluding hydrogens is 148 g/mol. The van der Waals surface area contributed by atoms with Crippen molar-refractivity contribution in [3.05, 3.63) is 0 Å². The van der Waals surface area contributed by atoms with Gasteiger partial charge in [0.05, 0.1) is 6.10 Å². The molecule has 0 atom stereocenters. The fourth-order valence-electron chi connectivity index (χ4n) is 2.77. The third kappa shape index (κ3) is 1.66. The van der Waals surface area contributed by atoms with Crippen molar-refractivity contribution < 1.29 is 5.11 Å². The molecule has 0 unspecified atom stereocenters. The van der Waals surface area contributed by atoms with Gasteiger partial charge in [0, 0.05) is 0 Å². The van der Waals surface area contributed by atoms with Gasteiger partial charge >= 0.3 is 0 Å². The van der Waals surface area contributed by atoms with Crippen LogP contribution in [0.3, 0.4) is 0 Å². The fraction of sp³-hybridized carbons (Fsp3) is 1.00. The molecule has 2 rings (SSSR count). The van der Waals surface area contributed by atoms with Gasteiger partial charge in [-0.2, -0.15) is 0 Å². The minimum Gasteiger partial charge on any atom is -0.393 e. The van der Waals surface area contributed by atoms with Crippen LogP contribution in [0, 0.1) is 17.8 Å². The molecule has 0 aromatic heterocycles. The van der Waals surface area contributed by atoms with Crippen molar-refractivity contribution >= 4 is 0 Å². The molecule has 0 aliphatic heterocycles. The van der Waals surface area contributed by atoms with Crippen LogP contribution in [0.25, 0.3) is 0 Å². The van der Waals surface area contributed by atoms with Crippen LogP contribution in [0.1, 0.15) is 45.4 Å². The first-order chi connectivity index (χ1) is 5.75. The molecule has 2 aliphatic rings. The van der Waals surface area contributed by atoms with Crippen molar-refractivity contribution in [2.24, 2.45) is 17.8 Å². The van der Waals surface area contributed by atoms with Crippen molar-refractivity contribution in [3.63, 3.8) is 0 Å². The van der Waals surface area contributed by atoms with Crippen molar-refractivity contribution in [1.29, 1.82) is 0 Å². The number of aliphatic hydroxyl groups is 1. The molecular formula is C11H20O. The van der Waals surface area contributed by atoms with E-state index in [1.165, 1.54) is 25.7 Å². The first kappa shape index (κ1) is 8.55. The Kier molecular flexibility index (Phi) is 2.40. The molecule has 0 aromatic rings. The van der Waals surface area contributed by atoms with Crippen LogP contribution in [0.15, 0.2) is 0 Å². The molecule has 0 radical (unpaired) electrons. The third-order valence-corrected chi connectivity index (χ3v) is 3.88. The largest absolute Gasteiger partial charge is 0.393 e. The molecule has 0 aromatic carbocycles. The minimum absolute atomic E-state index is 0.0503. The van der Waals surface area contributed by atoms with Gasteiger partial charge in [-0.1, -0.05) is 19.8 Å². The van der Waals surface area contributed by atoms with Crippen LogP contribution in [0.4, 0.5) is 0 Å². The maximum absolute atomic E-state index is 9.20. The average Bonchev–Trinajstić information content (AvgIpc) is 2.01. The normalized spacial score (nSPS) is 48.5. The van der Waals surface area contributed by atoms with Crippen molar-refractivity contribution in [3.8, 4) is 0 Å². The number of aliphatic hydroxyl groups excluding tert-OH is 1. The lowest BCUT2D eigenvalue weighted by atomic mass is 9.67. The van der Waals surface area contributed by atoms with Crippen molar-refractivity contribution in [2.45, 2.75) is 51.6 Å². The van der Waals surface area contributed by atoms with E-state index in [1.54, 1.807) is 0 Å². The molecule has 70 valence electrons. The van der Waals surface area contributed by atoms with E-state index in [9.17, 15) is 5.11 Å². The summed E-state index contributed by atoms with van der Waals surface area (Å²) in [6.45, 7) is 2.37. The summed E-state index contributed by atoms with van der Waals surface area (Å²) in [6.07, 6.45) is 7.96. The van der Waals surface area contributed by atoms with Gasteiger partial charge in [-0.25, -0.2) is 0 Å². The zero-order valence-electron chi connectivity index (χ0n) is 8.00. The molecule has 1 N–H and O–H groups in total. The lowest BCUT2D eigenvalue weighted by Crippen LogP contribution is -2.35. The highest BCUT2D eigenvalue weighted by molar-refractivity contribution is 4.86. The number of hydrogen-bond acceptors (Lipinski definition) is 1. The van der Waals surface area contributed by atoms with Crippen molar-refractivity contribution in [1.82, 2.24) is 0 Å². The molecule has 2 aliphatic carbocycles. The summed E-state index contributed by atoms with van der Waals surface area (Å²) in [5, 5.41) is 9.20. The zero-order chi connectivity index (χ0) is 8.55. The SMILES string of the molecule is C[C@H]1CC[C@H](C2CC(O)C2)CC1. The Balaban J connectivity index is 1.75. The quantitative estimate of drug-likeness (QED) is 0.638. The van der Waals surface area contributed by atoms with E-state index in [0.29, 0.717) is 0 Å². The molecule has 0 spiro atoms. The van der Waals surface area contributed by atoms with Gasteiger partial charge < -0.3 is 5.11 Å². The summed E-state index contributed by atoms with van der Waals surface area (Å²) in [4.78, 5) is 0. The standard InChI is InChI=1S/C11H20O/c1-8-2-4-9(5-3-8)10-6-11(12)7-10/h8-12H,2-7H2,1H3/t8-,9-,10?,11?. The molecule has 1 nitrogen and oxygen atoms in total. The van der Waals surface area contributed by atoms with Gasteiger partial charge in [0.25, 0.3) is 0 Å². The first-order valence-corrected chi connectivity index (χ1v) is 5.43. The second kappa shape index (κ2) is 3.37. The Hall–Kier alpha value is -0.0400. The predicted octanol–water partition coefficient (Wildman–Crippen LogP) is 2.58. The Morgan fingerprint density at radius 2 is 1.50 bits per heavy atom. The predicted molar refractivity (Wildman–Crippen MR) is 49.9 cm³/mol. The Labute approximate surface area is 75.2 Å². The minimum atomic E-state index is 0.0503. The topological polar surface area (TPSA) is 20.2 Å². The Bertz CT molecular complexity index is 141. The molecule has 0 amide bonds. The van der Waals surface area contributed by atoms with Gasteiger partial charge in [-0.3, -0.25) is 0 Å². The zero-order valence-corrected chi connectivity index (χ0v) is 8.00. The highest BCUT2D eigenvalue weighted by Gasteiger charge is 2.34. The molecule has 0 bridgehead atoms. The molecule has 0 heterocycles. The molecule has 2 fully saturated rings. The maximum Gasteiger partial charge on any atom is 0.0545 e. The van der Waals surface area contributed by atoms with E-state index in [-0.39, 0.29) is 6.10 Å². The number of hydrogen-bond donors (Lipinski definition) is 1. The summed E-state index contributed by atoms with van der Waals surface area (Å²) >= 11 is 0. The van der Waals surface area contributed by atoms with Crippen LogP contribution in [-0.2, 0) is 0 Å². The van der Waals surface area contributed by atoms with Gasteiger partial charge in [0.1, 0.15) is 0 Å². The van der Waals surface area contributed by atoms with E-state index < -0.39 is 0 Å². The summed E-state index contributed by atoms with van der Waals surface area (Å²) in [6, 6.07) is 0. The van der Waals surface area contributed by atoms with E-state index in [1.807, 2.05) is 0 Å². The third-order valence-electron chi connectivity index (χ3n) is 3.88. The van der Waals surface area contributed by atoms with E-state index in [4.69, 9.17) is 0 Å². The Morgan fingerprint density at radius 3 is 2.00 bits per heavy atom. The number of rotatable bonds is 1. The lowest BCUT2D eigenvalue weighted by molar-refractivity contribution is 0.00182. The second-order valence-corrected chi connectivity index (χ2v) is 4.91. The summed E-state index contributed by atoms with van der Waals surface area (Å²) in [5.41, 5.74) is 0. The first-order valence-electron chi connectivity index (χ1n) is 5.43. The van der Waals surface area contributed by atoms with Crippen LogP contribution < -0.4 is 0 Å². The fourth-order valence-corrected chi connectivity index (χ4v) is 2.77.